The Balaban J connectivity index is 2.94. The van der Waals surface area contributed by atoms with Crippen LogP contribution in [0.2, 0.25) is 0 Å². The van der Waals surface area contributed by atoms with Gasteiger partial charge < -0.3 is 10.0 Å². The van der Waals surface area contributed by atoms with Crippen molar-refractivity contribution in [3.8, 4) is 0 Å². The zero-order chi connectivity index (χ0) is 10.6. The van der Waals surface area contributed by atoms with Crippen molar-refractivity contribution in [1.29, 1.82) is 0 Å². The van der Waals surface area contributed by atoms with Crippen LogP contribution in [0.1, 0.15) is 31.4 Å². The standard InChI is InChI=1S/C11H18N2O/c1-4-5-11(14)9-8-12-7-6-10(9)13(2)3/h6-8,11,14H,4-5H2,1-3H3/t11-/m0/s1. The molecule has 1 atom stereocenters. The minimum atomic E-state index is -0.397. The molecule has 0 bridgehead atoms. The molecule has 0 spiro atoms. The van der Waals surface area contributed by atoms with Crippen molar-refractivity contribution in [2.45, 2.75) is 25.9 Å². The monoisotopic (exact) mass is 194 g/mol. The highest BCUT2D eigenvalue weighted by Crippen LogP contribution is 2.26. The van der Waals surface area contributed by atoms with E-state index in [0.717, 1.165) is 24.1 Å². The summed E-state index contributed by atoms with van der Waals surface area (Å²) in [5.41, 5.74) is 1.96. The topological polar surface area (TPSA) is 36.4 Å². The first-order valence-electron chi connectivity index (χ1n) is 4.96. The summed E-state index contributed by atoms with van der Waals surface area (Å²) in [5, 5.41) is 9.88. The van der Waals surface area contributed by atoms with Crippen LogP contribution in [0.15, 0.2) is 18.5 Å². The van der Waals surface area contributed by atoms with Crippen molar-refractivity contribution >= 4 is 5.69 Å². The number of nitrogens with zero attached hydrogens (tertiary/aromatic N) is 2. The van der Waals surface area contributed by atoms with E-state index in [1.54, 1.807) is 12.4 Å². The number of aliphatic hydroxyl groups is 1. The molecule has 0 aliphatic rings. The Kier molecular flexibility index (Phi) is 3.89. The van der Waals surface area contributed by atoms with Crippen molar-refractivity contribution in [2.24, 2.45) is 0 Å². The van der Waals surface area contributed by atoms with E-state index in [-0.39, 0.29) is 0 Å². The van der Waals surface area contributed by atoms with Crippen LogP contribution in [0.3, 0.4) is 0 Å². The predicted octanol–water partition coefficient (Wildman–Crippen LogP) is 1.98. The number of anilines is 1. The SMILES string of the molecule is CCC[C@H](O)c1cnccc1N(C)C. The molecule has 14 heavy (non-hydrogen) atoms. The number of aliphatic hydroxyl groups excluding tert-OH is 1. The van der Waals surface area contributed by atoms with Gasteiger partial charge in [-0.15, -0.1) is 0 Å². The lowest BCUT2D eigenvalue weighted by Gasteiger charge is -2.19. The fourth-order valence-electron chi connectivity index (χ4n) is 1.49. The Morgan fingerprint density at radius 2 is 2.21 bits per heavy atom. The number of pyridine rings is 1. The second-order valence-electron chi connectivity index (χ2n) is 3.63. The summed E-state index contributed by atoms with van der Waals surface area (Å²) < 4.78 is 0. The van der Waals surface area contributed by atoms with Crippen LogP contribution in [-0.2, 0) is 0 Å². The Morgan fingerprint density at radius 3 is 2.79 bits per heavy atom. The summed E-state index contributed by atoms with van der Waals surface area (Å²) in [6, 6.07) is 1.92. The number of hydrogen-bond donors (Lipinski definition) is 1. The molecular weight excluding hydrogens is 176 g/mol. The van der Waals surface area contributed by atoms with Crippen LogP contribution >= 0.6 is 0 Å². The molecule has 0 aliphatic heterocycles. The lowest BCUT2D eigenvalue weighted by molar-refractivity contribution is 0.166. The first kappa shape index (κ1) is 11.0. The van der Waals surface area contributed by atoms with Gasteiger partial charge in [-0.2, -0.15) is 0 Å². The summed E-state index contributed by atoms with van der Waals surface area (Å²) in [5.74, 6) is 0. The van der Waals surface area contributed by atoms with Gasteiger partial charge in [0.1, 0.15) is 0 Å². The van der Waals surface area contributed by atoms with Gasteiger partial charge in [0.15, 0.2) is 0 Å². The van der Waals surface area contributed by atoms with Gasteiger partial charge in [-0.1, -0.05) is 13.3 Å². The second-order valence-corrected chi connectivity index (χ2v) is 3.63. The highest BCUT2D eigenvalue weighted by molar-refractivity contribution is 5.51. The predicted molar refractivity (Wildman–Crippen MR) is 58.4 cm³/mol. The molecule has 1 N–H and O–H groups in total. The van der Waals surface area contributed by atoms with Gasteiger partial charge in [0.25, 0.3) is 0 Å². The van der Waals surface area contributed by atoms with E-state index in [9.17, 15) is 5.11 Å². The molecule has 0 aromatic carbocycles. The maximum atomic E-state index is 9.88. The average molecular weight is 194 g/mol. The van der Waals surface area contributed by atoms with Crippen molar-refractivity contribution in [3.63, 3.8) is 0 Å². The largest absolute Gasteiger partial charge is 0.388 e. The van der Waals surface area contributed by atoms with Crippen LogP contribution in [0, 0.1) is 0 Å². The summed E-state index contributed by atoms with van der Waals surface area (Å²) in [6.45, 7) is 2.06. The summed E-state index contributed by atoms with van der Waals surface area (Å²) in [6.07, 6.45) is 4.86. The Morgan fingerprint density at radius 1 is 1.50 bits per heavy atom. The fraction of sp³-hybridized carbons (Fsp3) is 0.545. The molecule has 0 radical (unpaired) electrons. The molecule has 3 heteroatoms. The Bertz CT molecular complexity index is 286. The van der Waals surface area contributed by atoms with Gasteiger partial charge in [0, 0.05) is 37.7 Å². The van der Waals surface area contributed by atoms with E-state index < -0.39 is 6.10 Å². The van der Waals surface area contributed by atoms with Crippen LogP contribution in [-0.4, -0.2) is 24.2 Å². The fourth-order valence-corrected chi connectivity index (χ4v) is 1.49. The van der Waals surface area contributed by atoms with Gasteiger partial charge in [0.05, 0.1) is 6.10 Å². The van der Waals surface area contributed by atoms with E-state index in [1.165, 1.54) is 0 Å². The molecule has 0 fully saturated rings. The molecule has 0 amide bonds. The van der Waals surface area contributed by atoms with E-state index in [4.69, 9.17) is 0 Å². The van der Waals surface area contributed by atoms with Gasteiger partial charge >= 0.3 is 0 Å². The zero-order valence-corrected chi connectivity index (χ0v) is 9.07. The molecule has 1 aromatic heterocycles. The van der Waals surface area contributed by atoms with Crippen LogP contribution in [0.4, 0.5) is 5.69 Å². The maximum absolute atomic E-state index is 9.88. The Hall–Kier alpha value is -1.09. The molecule has 1 rings (SSSR count). The summed E-state index contributed by atoms with van der Waals surface area (Å²) >= 11 is 0. The van der Waals surface area contributed by atoms with Crippen molar-refractivity contribution < 1.29 is 5.11 Å². The third-order valence-corrected chi connectivity index (χ3v) is 2.23. The smallest absolute Gasteiger partial charge is 0.0825 e. The zero-order valence-electron chi connectivity index (χ0n) is 9.07. The minimum Gasteiger partial charge on any atom is -0.388 e. The number of hydrogen-bond acceptors (Lipinski definition) is 3. The van der Waals surface area contributed by atoms with Crippen molar-refractivity contribution in [3.05, 3.63) is 24.0 Å². The number of rotatable bonds is 4. The first-order chi connectivity index (χ1) is 6.66. The third-order valence-electron chi connectivity index (χ3n) is 2.23. The molecule has 1 heterocycles. The molecule has 78 valence electrons. The second kappa shape index (κ2) is 4.96. The van der Waals surface area contributed by atoms with E-state index in [1.807, 2.05) is 25.1 Å². The Labute approximate surface area is 85.4 Å². The highest BCUT2D eigenvalue weighted by Gasteiger charge is 2.12. The molecule has 0 saturated carbocycles. The molecule has 3 nitrogen and oxygen atoms in total. The van der Waals surface area contributed by atoms with Gasteiger partial charge in [-0.05, 0) is 12.5 Å². The third kappa shape index (κ3) is 2.45. The van der Waals surface area contributed by atoms with Gasteiger partial charge in [-0.3, -0.25) is 4.98 Å². The highest BCUT2D eigenvalue weighted by atomic mass is 16.3. The molecule has 0 saturated heterocycles. The van der Waals surface area contributed by atoms with Crippen LogP contribution < -0.4 is 4.90 Å². The molecular formula is C11H18N2O. The summed E-state index contributed by atoms with van der Waals surface area (Å²) in [4.78, 5) is 6.04. The molecule has 1 aromatic rings. The van der Waals surface area contributed by atoms with Crippen molar-refractivity contribution in [1.82, 2.24) is 4.98 Å². The average Bonchev–Trinajstić information content (AvgIpc) is 2.18. The van der Waals surface area contributed by atoms with Crippen LogP contribution in [0.25, 0.3) is 0 Å². The minimum absolute atomic E-state index is 0.397. The van der Waals surface area contributed by atoms with E-state index in [2.05, 4.69) is 11.9 Å². The molecule has 0 aliphatic carbocycles. The quantitative estimate of drug-likeness (QED) is 0.796. The lowest BCUT2D eigenvalue weighted by Crippen LogP contribution is -2.13. The van der Waals surface area contributed by atoms with Crippen molar-refractivity contribution in [2.75, 3.05) is 19.0 Å². The van der Waals surface area contributed by atoms with Gasteiger partial charge in [0.2, 0.25) is 0 Å². The molecule has 0 unspecified atom stereocenters. The normalized spacial score (nSPS) is 12.6. The lowest BCUT2D eigenvalue weighted by atomic mass is 10.1. The maximum Gasteiger partial charge on any atom is 0.0825 e. The van der Waals surface area contributed by atoms with E-state index in [0.29, 0.717) is 0 Å². The summed E-state index contributed by atoms with van der Waals surface area (Å²) in [7, 11) is 3.94. The van der Waals surface area contributed by atoms with E-state index >= 15 is 0 Å². The number of aromatic nitrogens is 1. The first-order valence-corrected chi connectivity index (χ1v) is 4.96. The van der Waals surface area contributed by atoms with Gasteiger partial charge in [-0.25, -0.2) is 0 Å². The van der Waals surface area contributed by atoms with Crippen LogP contribution in [0.5, 0.6) is 0 Å².